The standard InChI is InChI=1S/C15H22FN3O/c1-18(12-13-3-2-4-14(16)11-13)8-5-15(20)19-9-6-17-7-10-19/h2-4,11,17H,5-10,12H2,1H3. The van der Waals surface area contributed by atoms with Crippen molar-refractivity contribution in [2.45, 2.75) is 13.0 Å². The van der Waals surface area contributed by atoms with Crippen molar-refractivity contribution in [3.63, 3.8) is 0 Å². The third kappa shape index (κ3) is 4.58. The molecular weight excluding hydrogens is 257 g/mol. The highest BCUT2D eigenvalue weighted by atomic mass is 19.1. The summed E-state index contributed by atoms with van der Waals surface area (Å²) in [5.74, 6) is -0.00890. The molecule has 1 amide bonds. The fraction of sp³-hybridized carbons (Fsp3) is 0.533. The fourth-order valence-corrected chi connectivity index (χ4v) is 2.38. The Labute approximate surface area is 119 Å². The SMILES string of the molecule is CN(CCC(=O)N1CCNCC1)Cc1cccc(F)c1. The second kappa shape index (κ2) is 7.36. The summed E-state index contributed by atoms with van der Waals surface area (Å²) in [5, 5.41) is 3.23. The van der Waals surface area contributed by atoms with E-state index < -0.39 is 0 Å². The number of rotatable bonds is 5. The lowest BCUT2D eigenvalue weighted by Crippen LogP contribution is -2.47. The molecule has 1 fully saturated rings. The molecule has 0 atom stereocenters. The Morgan fingerprint density at radius 1 is 1.40 bits per heavy atom. The Balaban J connectivity index is 1.74. The summed E-state index contributed by atoms with van der Waals surface area (Å²) in [4.78, 5) is 16.0. The number of piperazine rings is 1. The van der Waals surface area contributed by atoms with Gasteiger partial charge < -0.3 is 15.1 Å². The molecule has 1 saturated heterocycles. The van der Waals surface area contributed by atoms with Crippen molar-refractivity contribution in [3.05, 3.63) is 35.6 Å². The highest BCUT2D eigenvalue weighted by molar-refractivity contribution is 5.76. The Kier molecular flexibility index (Phi) is 5.49. The van der Waals surface area contributed by atoms with E-state index in [0.29, 0.717) is 19.5 Å². The van der Waals surface area contributed by atoms with Gasteiger partial charge in [-0.25, -0.2) is 4.39 Å². The van der Waals surface area contributed by atoms with Crippen LogP contribution in [0, 0.1) is 5.82 Å². The zero-order valence-corrected chi connectivity index (χ0v) is 11.9. The van der Waals surface area contributed by atoms with Gasteiger partial charge in [-0.2, -0.15) is 0 Å². The van der Waals surface area contributed by atoms with Gasteiger partial charge in [-0.15, -0.1) is 0 Å². The van der Waals surface area contributed by atoms with Crippen LogP contribution in [-0.4, -0.2) is 55.5 Å². The first kappa shape index (κ1) is 14.9. The summed E-state index contributed by atoms with van der Waals surface area (Å²) < 4.78 is 13.1. The summed E-state index contributed by atoms with van der Waals surface area (Å²) in [5.41, 5.74) is 0.933. The fourth-order valence-electron chi connectivity index (χ4n) is 2.38. The molecule has 1 aromatic carbocycles. The summed E-state index contributed by atoms with van der Waals surface area (Å²) in [6.07, 6.45) is 0.520. The molecule has 0 spiro atoms. The molecule has 0 radical (unpaired) electrons. The number of carbonyl (C=O) groups excluding carboxylic acids is 1. The first-order valence-corrected chi connectivity index (χ1v) is 7.06. The lowest BCUT2D eigenvalue weighted by atomic mass is 10.2. The second-order valence-electron chi connectivity index (χ2n) is 5.25. The molecule has 110 valence electrons. The first-order chi connectivity index (χ1) is 9.65. The van der Waals surface area contributed by atoms with Crippen LogP contribution in [0.2, 0.25) is 0 Å². The van der Waals surface area contributed by atoms with Gasteiger partial charge in [-0.05, 0) is 24.7 Å². The van der Waals surface area contributed by atoms with E-state index in [2.05, 4.69) is 10.2 Å². The monoisotopic (exact) mass is 279 g/mol. The molecule has 0 unspecified atom stereocenters. The third-order valence-corrected chi connectivity index (χ3v) is 3.52. The Hall–Kier alpha value is -1.46. The average Bonchev–Trinajstić information content (AvgIpc) is 2.46. The summed E-state index contributed by atoms with van der Waals surface area (Å²) in [6, 6.07) is 6.59. The number of hydrogen-bond donors (Lipinski definition) is 1. The van der Waals surface area contributed by atoms with Crippen LogP contribution in [0.5, 0.6) is 0 Å². The van der Waals surface area contributed by atoms with E-state index >= 15 is 0 Å². The molecule has 5 heteroatoms. The van der Waals surface area contributed by atoms with Gasteiger partial charge in [-0.1, -0.05) is 12.1 Å². The molecule has 0 saturated carbocycles. The maximum Gasteiger partial charge on any atom is 0.223 e. The van der Waals surface area contributed by atoms with E-state index in [0.717, 1.165) is 31.7 Å². The Morgan fingerprint density at radius 3 is 2.85 bits per heavy atom. The number of benzene rings is 1. The van der Waals surface area contributed by atoms with Crippen LogP contribution in [0.15, 0.2) is 24.3 Å². The highest BCUT2D eigenvalue weighted by Gasteiger charge is 2.16. The predicted octanol–water partition coefficient (Wildman–Crippen LogP) is 1.08. The minimum absolute atomic E-state index is 0.206. The molecule has 20 heavy (non-hydrogen) atoms. The second-order valence-corrected chi connectivity index (χ2v) is 5.25. The zero-order chi connectivity index (χ0) is 14.4. The van der Waals surface area contributed by atoms with Crippen LogP contribution in [-0.2, 0) is 11.3 Å². The molecule has 1 aliphatic heterocycles. The summed E-state index contributed by atoms with van der Waals surface area (Å²) in [7, 11) is 1.95. The minimum Gasteiger partial charge on any atom is -0.340 e. The van der Waals surface area contributed by atoms with E-state index in [1.54, 1.807) is 6.07 Å². The zero-order valence-electron chi connectivity index (χ0n) is 11.9. The van der Waals surface area contributed by atoms with Gasteiger partial charge in [0.15, 0.2) is 0 Å². The Bertz CT molecular complexity index is 446. The number of halogens is 1. The predicted molar refractivity (Wildman–Crippen MR) is 76.8 cm³/mol. The number of hydrogen-bond acceptors (Lipinski definition) is 3. The van der Waals surface area contributed by atoms with Crippen LogP contribution >= 0.6 is 0 Å². The molecule has 4 nitrogen and oxygen atoms in total. The number of nitrogens with zero attached hydrogens (tertiary/aromatic N) is 2. The van der Waals surface area contributed by atoms with E-state index in [1.165, 1.54) is 12.1 Å². The Morgan fingerprint density at radius 2 is 2.15 bits per heavy atom. The largest absolute Gasteiger partial charge is 0.340 e. The van der Waals surface area contributed by atoms with Gasteiger partial charge in [0.25, 0.3) is 0 Å². The van der Waals surface area contributed by atoms with Crippen LogP contribution in [0.4, 0.5) is 4.39 Å². The van der Waals surface area contributed by atoms with Gasteiger partial charge in [0, 0.05) is 45.7 Å². The molecule has 0 aliphatic carbocycles. The van der Waals surface area contributed by atoms with Crippen molar-refractivity contribution in [3.8, 4) is 0 Å². The number of nitrogens with one attached hydrogen (secondary N) is 1. The molecule has 1 aromatic rings. The van der Waals surface area contributed by atoms with Crippen LogP contribution in [0.3, 0.4) is 0 Å². The van der Waals surface area contributed by atoms with Crippen molar-refractivity contribution in [1.82, 2.24) is 15.1 Å². The van der Waals surface area contributed by atoms with Crippen molar-refractivity contribution >= 4 is 5.91 Å². The van der Waals surface area contributed by atoms with Gasteiger partial charge in [0.1, 0.15) is 5.82 Å². The lowest BCUT2D eigenvalue weighted by molar-refractivity contribution is -0.132. The first-order valence-electron chi connectivity index (χ1n) is 7.06. The maximum absolute atomic E-state index is 13.1. The maximum atomic E-state index is 13.1. The van der Waals surface area contributed by atoms with Gasteiger partial charge >= 0.3 is 0 Å². The summed E-state index contributed by atoms with van der Waals surface area (Å²) >= 11 is 0. The van der Waals surface area contributed by atoms with Gasteiger partial charge in [0.2, 0.25) is 5.91 Å². The normalized spacial score (nSPS) is 15.7. The highest BCUT2D eigenvalue weighted by Crippen LogP contribution is 2.07. The molecule has 0 bridgehead atoms. The third-order valence-electron chi connectivity index (χ3n) is 3.52. The van der Waals surface area contributed by atoms with Crippen LogP contribution in [0.1, 0.15) is 12.0 Å². The molecule has 1 N–H and O–H groups in total. The average molecular weight is 279 g/mol. The van der Waals surface area contributed by atoms with Crippen molar-refractivity contribution in [2.24, 2.45) is 0 Å². The van der Waals surface area contributed by atoms with Crippen molar-refractivity contribution in [1.29, 1.82) is 0 Å². The quantitative estimate of drug-likeness (QED) is 0.876. The van der Waals surface area contributed by atoms with Gasteiger partial charge in [0.05, 0.1) is 0 Å². The smallest absolute Gasteiger partial charge is 0.223 e. The van der Waals surface area contributed by atoms with E-state index in [9.17, 15) is 9.18 Å². The molecule has 1 heterocycles. The number of carbonyl (C=O) groups is 1. The van der Waals surface area contributed by atoms with E-state index in [-0.39, 0.29) is 11.7 Å². The van der Waals surface area contributed by atoms with Crippen LogP contribution < -0.4 is 5.32 Å². The van der Waals surface area contributed by atoms with Crippen LogP contribution in [0.25, 0.3) is 0 Å². The van der Waals surface area contributed by atoms with Gasteiger partial charge in [-0.3, -0.25) is 4.79 Å². The van der Waals surface area contributed by atoms with Crippen molar-refractivity contribution < 1.29 is 9.18 Å². The molecule has 2 rings (SSSR count). The minimum atomic E-state index is -0.215. The number of amides is 1. The topological polar surface area (TPSA) is 35.6 Å². The molecular formula is C15H22FN3O. The molecule has 0 aromatic heterocycles. The summed E-state index contributed by atoms with van der Waals surface area (Å²) in [6.45, 7) is 4.71. The van der Waals surface area contributed by atoms with Crippen molar-refractivity contribution in [2.75, 3.05) is 39.8 Å². The van der Waals surface area contributed by atoms with E-state index in [4.69, 9.17) is 0 Å². The molecule has 1 aliphatic rings. The lowest BCUT2D eigenvalue weighted by Gasteiger charge is -2.28. The van der Waals surface area contributed by atoms with E-state index in [1.807, 2.05) is 18.0 Å².